The monoisotopic (exact) mass is 321 g/mol. The second-order valence-electron chi connectivity index (χ2n) is 5.40. The van der Waals surface area contributed by atoms with E-state index >= 15 is 0 Å². The van der Waals surface area contributed by atoms with Gasteiger partial charge in [-0.25, -0.2) is 4.79 Å². The van der Waals surface area contributed by atoms with Crippen LogP contribution in [0.3, 0.4) is 0 Å². The Labute approximate surface area is 138 Å². The van der Waals surface area contributed by atoms with Gasteiger partial charge in [0.2, 0.25) is 5.91 Å². The van der Waals surface area contributed by atoms with Crippen LogP contribution in [0, 0.1) is 0 Å². The molecule has 3 aromatic rings. The molecule has 0 aliphatic rings. The Morgan fingerprint density at radius 2 is 1.71 bits per heavy atom. The van der Waals surface area contributed by atoms with E-state index in [1.165, 1.54) is 12.1 Å². The molecule has 0 aromatic heterocycles. The average Bonchev–Trinajstić information content (AvgIpc) is 2.57. The number of hydrogen-bond donors (Lipinski definition) is 3. The van der Waals surface area contributed by atoms with Crippen LogP contribution in [0.25, 0.3) is 10.8 Å². The number of carbonyl (C=O) groups excluding carboxylic acids is 1. The fourth-order valence-corrected chi connectivity index (χ4v) is 2.58. The van der Waals surface area contributed by atoms with Gasteiger partial charge in [-0.05, 0) is 34.5 Å². The number of amides is 1. The van der Waals surface area contributed by atoms with Crippen molar-refractivity contribution < 1.29 is 19.8 Å². The zero-order chi connectivity index (χ0) is 17.1. The molecule has 3 rings (SSSR count). The lowest BCUT2D eigenvalue weighted by Crippen LogP contribution is -2.15. The number of hydrogen-bond acceptors (Lipinski definition) is 3. The maximum atomic E-state index is 12.3. The Bertz CT molecular complexity index is 928. The standard InChI is InChI=1S/C19H15NO4/c21-17-10-14(19(23)24)8-9-16(17)20-18(22)11-13-6-3-5-12-4-1-2-7-15(12)13/h1-10,21H,11H2,(H,20,22)(H,23,24). The van der Waals surface area contributed by atoms with Gasteiger partial charge in [-0.1, -0.05) is 42.5 Å². The summed E-state index contributed by atoms with van der Waals surface area (Å²) in [5.74, 6) is -1.70. The van der Waals surface area contributed by atoms with Crippen LogP contribution in [0.4, 0.5) is 5.69 Å². The molecular formula is C19H15NO4. The van der Waals surface area contributed by atoms with E-state index in [1.807, 2.05) is 42.5 Å². The van der Waals surface area contributed by atoms with Gasteiger partial charge in [-0.2, -0.15) is 0 Å². The van der Waals surface area contributed by atoms with Gasteiger partial charge in [-0.15, -0.1) is 0 Å². The Hall–Kier alpha value is -3.34. The Morgan fingerprint density at radius 1 is 0.958 bits per heavy atom. The van der Waals surface area contributed by atoms with E-state index in [1.54, 1.807) is 0 Å². The third-order valence-electron chi connectivity index (χ3n) is 3.75. The average molecular weight is 321 g/mol. The molecule has 120 valence electrons. The number of aromatic carboxylic acids is 1. The van der Waals surface area contributed by atoms with Crippen LogP contribution >= 0.6 is 0 Å². The number of carboxylic acid groups (broad SMARTS) is 1. The van der Waals surface area contributed by atoms with E-state index in [0.717, 1.165) is 22.4 Å². The lowest BCUT2D eigenvalue weighted by atomic mass is 10.0. The van der Waals surface area contributed by atoms with Crippen molar-refractivity contribution in [3.63, 3.8) is 0 Å². The largest absolute Gasteiger partial charge is 0.506 e. The van der Waals surface area contributed by atoms with Crippen molar-refractivity contribution >= 4 is 28.3 Å². The zero-order valence-electron chi connectivity index (χ0n) is 12.7. The molecule has 0 heterocycles. The Kier molecular flexibility index (Phi) is 4.16. The van der Waals surface area contributed by atoms with Gasteiger partial charge in [0.15, 0.2) is 0 Å². The number of carbonyl (C=O) groups is 2. The summed E-state index contributed by atoms with van der Waals surface area (Å²) in [5, 5.41) is 23.4. The number of phenols is 1. The molecule has 3 N–H and O–H groups in total. The Balaban J connectivity index is 1.79. The minimum atomic E-state index is -1.14. The first-order chi connectivity index (χ1) is 11.5. The summed E-state index contributed by atoms with van der Waals surface area (Å²) < 4.78 is 0. The van der Waals surface area contributed by atoms with Crippen molar-refractivity contribution in [3.05, 3.63) is 71.8 Å². The van der Waals surface area contributed by atoms with Crippen LogP contribution in [-0.2, 0) is 11.2 Å². The fourth-order valence-electron chi connectivity index (χ4n) is 2.58. The highest BCUT2D eigenvalue weighted by Gasteiger charge is 2.11. The highest BCUT2D eigenvalue weighted by molar-refractivity contribution is 5.98. The summed E-state index contributed by atoms with van der Waals surface area (Å²) in [6.45, 7) is 0. The molecule has 3 aromatic carbocycles. The SMILES string of the molecule is O=C(Cc1cccc2ccccc12)Nc1ccc(C(=O)O)cc1O. The molecule has 0 aliphatic heterocycles. The summed E-state index contributed by atoms with van der Waals surface area (Å²) >= 11 is 0. The fraction of sp³-hybridized carbons (Fsp3) is 0.0526. The predicted octanol–water partition coefficient (Wildman–Crippen LogP) is 3.42. The number of benzene rings is 3. The third-order valence-corrected chi connectivity index (χ3v) is 3.75. The van der Waals surface area contributed by atoms with Crippen molar-refractivity contribution in [2.75, 3.05) is 5.32 Å². The number of phenolic OH excluding ortho intramolecular Hbond substituents is 1. The summed E-state index contributed by atoms with van der Waals surface area (Å²) in [4.78, 5) is 23.1. The first-order valence-corrected chi connectivity index (χ1v) is 7.37. The minimum Gasteiger partial charge on any atom is -0.506 e. The van der Waals surface area contributed by atoms with Gasteiger partial charge in [0, 0.05) is 0 Å². The number of anilines is 1. The van der Waals surface area contributed by atoms with Gasteiger partial charge in [0.1, 0.15) is 5.75 Å². The van der Waals surface area contributed by atoms with Crippen molar-refractivity contribution in [3.8, 4) is 5.75 Å². The highest BCUT2D eigenvalue weighted by atomic mass is 16.4. The summed E-state index contributed by atoms with van der Waals surface area (Å²) in [6, 6.07) is 17.4. The van der Waals surface area contributed by atoms with E-state index in [0.29, 0.717) is 0 Å². The number of carboxylic acids is 1. The minimum absolute atomic E-state index is 0.0421. The highest BCUT2D eigenvalue weighted by Crippen LogP contribution is 2.25. The van der Waals surface area contributed by atoms with Crippen LogP contribution in [0.15, 0.2) is 60.7 Å². The van der Waals surface area contributed by atoms with Crippen molar-refractivity contribution in [1.82, 2.24) is 0 Å². The number of fused-ring (bicyclic) bond motifs is 1. The van der Waals surface area contributed by atoms with Crippen LogP contribution in [0.5, 0.6) is 5.75 Å². The van der Waals surface area contributed by atoms with E-state index in [-0.39, 0.29) is 29.3 Å². The van der Waals surface area contributed by atoms with Gasteiger partial charge < -0.3 is 15.5 Å². The van der Waals surface area contributed by atoms with Gasteiger partial charge >= 0.3 is 5.97 Å². The molecule has 0 radical (unpaired) electrons. The van der Waals surface area contributed by atoms with Gasteiger partial charge in [-0.3, -0.25) is 4.79 Å². The molecule has 5 nitrogen and oxygen atoms in total. The van der Waals surface area contributed by atoms with E-state index < -0.39 is 5.97 Å². The number of rotatable bonds is 4. The van der Waals surface area contributed by atoms with E-state index in [2.05, 4.69) is 5.32 Å². The molecule has 0 saturated heterocycles. The normalized spacial score (nSPS) is 10.5. The second-order valence-corrected chi connectivity index (χ2v) is 5.40. The van der Waals surface area contributed by atoms with Crippen LogP contribution in [0.1, 0.15) is 15.9 Å². The number of aromatic hydroxyl groups is 1. The summed E-state index contributed by atoms with van der Waals surface area (Å²) in [5.41, 5.74) is 1.03. The Morgan fingerprint density at radius 3 is 2.46 bits per heavy atom. The molecule has 0 fully saturated rings. The van der Waals surface area contributed by atoms with E-state index in [9.17, 15) is 14.7 Å². The van der Waals surface area contributed by atoms with Crippen molar-refractivity contribution in [2.45, 2.75) is 6.42 Å². The van der Waals surface area contributed by atoms with Gasteiger partial charge in [0.25, 0.3) is 0 Å². The molecule has 0 aliphatic carbocycles. The zero-order valence-corrected chi connectivity index (χ0v) is 12.7. The third kappa shape index (κ3) is 3.20. The molecule has 0 saturated carbocycles. The van der Waals surface area contributed by atoms with Crippen LogP contribution in [-0.4, -0.2) is 22.1 Å². The predicted molar refractivity (Wildman–Crippen MR) is 91.3 cm³/mol. The second kappa shape index (κ2) is 6.42. The first-order valence-electron chi connectivity index (χ1n) is 7.37. The molecular weight excluding hydrogens is 306 g/mol. The summed E-state index contributed by atoms with van der Waals surface area (Å²) in [7, 11) is 0. The smallest absolute Gasteiger partial charge is 0.335 e. The van der Waals surface area contributed by atoms with Crippen LogP contribution < -0.4 is 5.32 Å². The van der Waals surface area contributed by atoms with Gasteiger partial charge in [0.05, 0.1) is 17.7 Å². The molecule has 1 amide bonds. The maximum absolute atomic E-state index is 12.3. The van der Waals surface area contributed by atoms with Crippen molar-refractivity contribution in [2.24, 2.45) is 0 Å². The summed E-state index contributed by atoms with van der Waals surface area (Å²) in [6.07, 6.45) is 0.154. The molecule has 5 heteroatoms. The quantitative estimate of drug-likeness (QED) is 0.643. The van der Waals surface area contributed by atoms with Crippen molar-refractivity contribution in [1.29, 1.82) is 0 Å². The first kappa shape index (κ1) is 15.6. The molecule has 0 spiro atoms. The number of nitrogens with one attached hydrogen (secondary N) is 1. The topological polar surface area (TPSA) is 86.6 Å². The molecule has 0 atom stereocenters. The molecule has 0 unspecified atom stereocenters. The van der Waals surface area contributed by atoms with E-state index in [4.69, 9.17) is 5.11 Å². The maximum Gasteiger partial charge on any atom is 0.335 e. The lowest BCUT2D eigenvalue weighted by molar-refractivity contribution is -0.115. The van der Waals surface area contributed by atoms with Crippen LogP contribution in [0.2, 0.25) is 0 Å². The molecule has 24 heavy (non-hydrogen) atoms. The lowest BCUT2D eigenvalue weighted by Gasteiger charge is -2.09. The molecule has 0 bridgehead atoms.